The Bertz CT molecular complexity index is 541. The molecule has 1 aromatic carbocycles. The normalized spacial score (nSPS) is 23.0. The molecular weight excluding hydrogens is 280 g/mol. The lowest BCUT2D eigenvalue weighted by molar-refractivity contribution is -0.143. The average molecular weight is 304 g/mol. The molecule has 1 aliphatic rings. The average Bonchev–Trinajstić information content (AvgIpc) is 2.47. The highest BCUT2D eigenvalue weighted by atomic mass is 16.4. The largest absolute Gasteiger partial charge is 0.481 e. The summed E-state index contributed by atoms with van der Waals surface area (Å²) in [5, 5.41) is 12.1. The van der Waals surface area contributed by atoms with Crippen molar-refractivity contribution < 1.29 is 14.7 Å². The molecule has 0 aromatic heterocycles. The second kappa shape index (κ2) is 6.81. The highest BCUT2D eigenvalue weighted by molar-refractivity contribution is 5.77. The lowest BCUT2D eigenvalue weighted by Crippen LogP contribution is -2.49. The molecule has 0 saturated carbocycles. The monoisotopic (exact) mass is 304 g/mol. The highest BCUT2D eigenvalue weighted by Gasteiger charge is 2.32. The van der Waals surface area contributed by atoms with Crippen LogP contribution in [0.1, 0.15) is 37.4 Å². The summed E-state index contributed by atoms with van der Waals surface area (Å²) >= 11 is 0. The van der Waals surface area contributed by atoms with Crippen LogP contribution in [0.25, 0.3) is 0 Å². The topological polar surface area (TPSA) is 69.6 Å². The number of amides is 2. The quantitative estimate of drug-likeness (QED) is 0.902. The van der Waals surface area contributed by atoms with Crippen LogP contribution in [0.2, 0.25) is 0 Å². The number of hydrogen-bond donors (Lipinski definition) is 2. The van der Waals surface area contributed by atoms with Crippen molar-refractivity contribution in [2.45, 2.75) is 33.2 Å². The van der Waals surface area contributed by atoms with Crippen molar-refractivity contribution in [2.24, 2.45) is 11.8 Å². The molecule has 2 N–H and O–H groups in total. The van der Waals surface area contributed by atoms with Crippen LogP contribution >= 0.6 is 0 Å². The number of urea groups is 1. The summed E-state index contributed by atoms with van der Waals surface area (Å²) in [6.07, 6.45) is 0.632. The Kier molecular flexibility index (Phi) is 5.06. The molecule has 120 valence electrons. The number of carboxylic acid groups (broad SMARTS) is 1. The minimum Gasteiger partial charge on any atom is -0.481 e. The van der Waals surface area contributed by atoms with E-state index in [-0.39, 0.29) is 24.5 Å². The van der Waals surface area contributed by atoms with Crippen LogP contribution in [0.15, 0.2) is 24.3 Å². The molecule has 3 atom stereocenters. The summed E-state index contributed by atoms with van der Waals surface area (Å²) in [4.78, 5) is 25.2. The van der Waals surface area contributed by atoms with E-state index >= 15 is 0 Å². The van der Waals surface area contributed by atoms with E-state index in [0.29, 0.717) is 13.0 Å². The predicted molar refractivity (Wildman–Crippen MR) is 84.6 cm³/mol. The zero-order chi connectivity index (χ0) is 16.3. The van der Waals surface area contributed by atoms with Crippen molar-refractivity contribution in [3.8, 4) is 0 Å². The number of carbonyl (C=O) groups excluding carboxylic acids is 1. The third-order valence-corrected chi connectivity index (χ3v) is 4.21. The lowest BCUT2D eigenvalue weighted by atomic mass is 9.91. The summed E-state index contributed by atoms with van der Waals surface area (Å²) in [6.45, 7) is 6.83. The molecule has 2 amide bonds. The summed E-state index contributed by atoms with van der Waals surface area (Å²) in [5.41, 5.74) is 2.22. The van der Waals surface area contributed by atoms with E-state index < -0.39 is 11.9 Å². The Morgan fingerprint density at radius 2 is 1.91 bits per heavy atom. The van der Waals surface area contributed by atoms with Gasteiger partial charge in [-0.15, -0.1) is 0 Å². The van der Waals surface area contributed by atoms with Gasteiger partial charge in [-0.3, -0.25) is 4.79 Å². The van der Waals surface area contributed by atoms with E-state index in [1.807, 2.05) is 45.0 Å². The molecule has 1 fully saturated rings. The molecule has 0 radical (unpaired) electrons. The van der Waals surface area contributed by atoms with Gasteiger partial charge in [-0.2, -0.15) is 0 Å². The molecule has 1 aromatic rings. The van der Waals surface area contributed by atoms with Gasteiger partial charge in [0, 0.05) is 13.1 Å². The number of aryl methyl sites for hydroxylation is 1. The maximum absolute atomic E-state index is 12.4. The van der Waals surface area contributed by atoms with Gasteiger partial charge >= 0.3 is 12.0 Å². The summed E-state index contributed by atoms with van der Waals surface area (Å²) in [5.74, 6) is -1.09. The van der Waals surface area contributed by atoms with Gasteiger partial charge < -0.3 is 15.3 Å². The summed E-state index contributed by atoms with van der Waals surface area (Å²) in [6, 6.07) is 7.74. The van der Waals surface area contributed by atoms with Gasteiger partial charge in [0.25, 0.3) is 0 Å². The van der Waals surface area contributed by atoms with Gasteiger partial charge in [-0.05, 0) is 31.7 Å². The predicted octanol–water partition coefficient (Wildman–Crippen LogP) is 2.81. The van der Waals surface area contributed by atoms with Crippen LogP contribution in [0, 0.1) is 18.8 Å². The molecule has 1 aliphatic heterocycles. The molecule has 5 heteroatoms. The summed E-state index contributed by atoms with van der Waals surface area (Å²) < 4.78 is 0. The first-order chi connectivity index (χ1) is 10.4. The van der Waals surface area contributed by atoms with Gasteiger partial charge in [-0.25, -0.2) is 4.79 Å². The van der Waals surface area contributed by atoms with E-state index in [9.17, 15) is 14.7 Å². The molecule has 1 heterocycles. The molecular formula is C17H24N2O3. The third-order valence-electron chi connectivity index (χ3n) is 4.21. The zero-order valence-electron chi connectivity index (χ0n) is 13.4. The number of carboxylic acids is 1. The smallest absolute Gasteiger partial charge is 0.317 e. The molecule has 0 spiro atoms. The van der Waals surface area contributed by atoms with E-state index in [4.69, 9.17) is 0 Å². The fourth-order valence-corrected chi connectivity index (χ4v) is 2.91. The second-order valence-electron chi connectivity index (χ2n) is 6.36. The fourth-order valence-electron chi connectivity index (χ4n) is 2.91. The van der Waals surface area contributed by atoms with Gasteiger partial charge in [0.15, 0.2) is 0 Å². The van der Waals surface area contributed by atoms with Crippen molar-refractivity contribution in [2.75, 3.05) is 13.1 Å². The van der Waals surface area contributed by atoms with Crippen molar-refractivity contribution in [3.63, 3.8) is 0 Å². The number of nitrogens with one attached hydrogen (secondary N) is 1. The first-order valence-electron chi connectivity index (χ1n) is 7.71. The standard InChI is InChI=1S/C17H24N2O3/c1-11-4-6-14(7-5-11)13(3)18-17(22)19-9-12(2)8-15(10-19)16(20)21/h4-7,12-13,15H,8-10H2,1-3H3,(H,18,22)(H,20,21). The molecule has 2 rings (SSSR count). The maximum atomic E-state index is 12.4. The second-order valence-corrected chi connectivity index (χ2v) is 6.36. The van der Waals surface area contributed by atoms with Crippen LogP contribution in [0.5, 0.6) is 0 Å². The SMILES string of the molecule is Cc1ccc(C(C)NC(=O)N2CC(C)CC(C(=O)O)C2)cc1. The number of carbonyl (C=O) groups is 2. The van der Waals surface area contributed by atoms with Crippen LogP contribution in [-0.4, -0.2) is 35.1 Å². The zero-order valence-corrected chi connectivity index (χ0v) is 13.4. The van der Waals surface area contributed by atoms with E-state index in [2.05, 4.69) is 5.32 Å². The Labute approximate surface area is 131 Å². The van der Waals surface area contributed by atoms with Crippen molar-refractivity contribution in [3.05, 3.63) is 35.4 Å². The molecule has 5 nitrogen and oxygen atoms in total. The first kappa shape index (κ1) is 16.3. The lowest BCUT2D eigenvalue weighted by Gasteiger charge is -2.35. The van der Waals surface area contributed by atoms with E-state index in [0.717, 1.165) is 5.56 Å². The highest BCUT2D eigenvalue weighted by Crippen LogP contribution is 2.22. The number of aliphatic carboxylic acids is 1. The number of nitrogens with zero attached hydrogens (tertiary/aromatic N) is 1. The Morgan fingerprint density at radius 3 is 2.50 bits per heavy atom. The van der Waals surface area contributed by atoms with Gasteiger partial charge in [0.1, 0.15) is 0 Å². The van der Waals surface area contributed by atoms with E-state index in [1.165, 1.54) is 5.56 Å². The molecule has 0 aliphatic carbocycles. The minimum atomic E-state index is -0.823. The Hall–Kier alpha value is -2.04. The number of rotatable bonds is 3. The molecule has 22 heavy (non-hydrogen) atoms. The number of benzene rings is 1. The van der Waals surface area contributed by atoms with Crippen molar-refractivity contribution in [1.82, 2.24) is 10.2 Å². The molecule has 3 unspecified atom stereocenters. The first-order valence-corrected chi connectivity index (χ1v) is 7.71. The Morgan fingerprint density at radius 1 is 1.27 bits per heavy atom. The van der Waals surface area contributed by atoms with E-state index in [1.54, 1.807) is 4.90 Å². The molecule has 1 saturated heterocycles. The third kappa shape index (κ3) is 4.00. The van der Waals surface area contributed by atoms with Crippen LogP contribution in [-0.2, 0) is 4.79 Å². The van der Waals surface area contributed by atoms with Gasteiger partial charge in [0.2, 0.25) is 0 Å². The summed E-state index contributed by atoms with van der Waals surface area (Å²) in [7, 11) is 0. The fraction of sp³-hybridized carbons (Fsp3) is 0.529. The van der Waals surface area contributed by atoms with Crippen molar-refractivity contribution >= 4 is 12.0 Å². The Balaban J connectivity index is 1.98. The van der Waals surface area contributed by atoms with Gasteiger partial charge in [0.05, 0.1) is 12.0 Å². The van der Waals surface area contributed by atoms with Crippen molar-refractivity contribution in [1.29, 1.82) is 0 Å². The number of hydrogen-bond acceptors (Lipinski definition) is 2. The molecule has 0 bridgehead atoms. The number of piperidine rings is 1. The number of likely N-dealkylation sites (tertiary alicyclic amines) is 1. The van der Waals surface area contributed by atoms with Crippen LogP contribution in [0.4, 0.5) is 4.79 Å². The maximum Gasteiger partial charge on any atom is 0.317 e. The minimum absolute atomic E-state index is 0.103. The van der Waals surface area contributed by atoms with Crippen LogP contribution in [0.3, 0.4) is 0 Å². The van der Waals surface area contributed by atoms with Gasteiger partial charge in [-0.1, -0.05) is 36.8 Å². The van der Waals surface area contributed by atoms with Crippen LogP contribution < -0.4 is 5.32 Å².